The molecule has 0 aliphatic rings. The van der Waals surface area contributed by atoms with Crippen LogP contribution in [0.3, 0.4) is 0 Å². The summed E-state index contributed by atoms with van der Waals surface area (Å²) in [6.07, 6.45) is 0. The highest BCUT2D eigenvalue weighted by molar-refractivity contribution is 9.09. The first-order valence-corrected chi connectivity index (χ1v) is 6.68. The van der Waals surface area contributed by atoms with Crippen LogP contribution in [0.4, 0.5) is 0 Å². The summed E-state index contributed by atoms with van der Waals surface area (Å²) < 4.78 is 0. The lowest BCUT2D eigenvalue weighted by Gasteiger charge is -1.91. The molecule has 0 N–H and O–H groups in total. The van der Waals surface area contributed by atoms with Gasteiger partial charge in [-0.25, -0.2) is 0 Å². The Hall–Kier alpha value is 0.660. The van der Waals surface area contributed by atoms with E-state index in [9.17, 15) is 0 Å². The maximum Gasteiger partial charge on any atom is 0.0380 e. The SMILES string of the molecule is BrCc1ccsc1CBr.CC. The summed E-state index contributed by atoms with van der Waals surface area (Å²) in [4.78, 5) is 1.42. The van der Waals surface area contributed by atoms with Crippen LogP contribution in [-0.4, -0.2) is 0 Å². The molecule has 1 heterocycles. The second-order valence-corrected chi connectivity index (χ2v) is 3.76. The standard InChI is InChI=1S/C6H6Br2S.C2H6/c7-3-5-1-2-9-6(5)4-8;1-2/h1-2H,3-4H2;1-2H3. The largest absolute Gasteiger partial charge is 0.148 e. The zero-order chi connectivity index (χ0) is 8.69. The van der Waals surface area contributed by atoms with Crippen molar-refractivity contribution in [3.8, 4) is 0 Å². The van der Waals surface area contributed by atoms with Gasteiger partial charge in [0.05, 0.1) is 0 Å². The Morgan fingerprint density at radius 1 is 1.27 bits per heavy atom. The van der Waals surface area contributed by atoms with Gasteiger partial charge in [0.2, 0.25) is 0 Å². The van der Waals surface area contributed by atoms with Crippen LogP contribution < -0.4 is 0 Å². The second kappa shape index (κ2) is 7.32. The maximum absolute atomic E-state index is 3.42. The van der Waals surface area contributed by atoms with Gasteiger partial charge in [-0.05, 0) is 17.0 Å². The number of halogens is 2. The van der Waals surface area contributed by atoms with Crippen LogP contribution in [0.1, 0.15) is 24.3 Å². The van der Waals surface area contributed by atoms with Crippen molar-refractivity contribution < 1.29 is 0 Å². The Bertz CT molecular complexity index is 165. The third kappa shape index (κ3) is 3.72. The summed E-state index contributed by atoms with van der Waals surface area (Å²) in [5, 5.41) is 4.07. The molecular weight excluding hydrogens is 288 g/mol. The molecule has 11 heavy (non-hydrogen) atoms. The molecule has 0 unspecified atom stereocenters. The van der Waals surface area contributed by atoms with E-state index in [-0.39, 0.29) is 0 Å². The highest BCUT2D eigenvalue weighted by Gasteiger charge is 1.98. The number of alkyl halides is 2. The van der Waals surface area contributed by atoms with E-state index in [1.54, 1.807) is 11.3 Å². The molecule has 0 spiro atoms. The van der Waals surface area contributed by atoms with E-state index in [0.29, 0.717) is 0 Å². The van der Waals surface area contributed by atoms with Gasteiger partial charge in [-0.2, -0.15) is 0 Å². The zero-order valence-electron chi connectivity index (χ0n) is 6.73. The molecule has 0 aliphatic heterocycles. The van der Waals surface area contributed by atoms with Crippen molar-refractivity contribution >= 4 is 43.2 Å². The molecule has 0 saturated carbocycles. The van der Waals surface area contributed by atoms with Crippen LogP contribution in [0, 0.1) is 0 Å². The van der Waals surface area contributed by atoms with Crippen LogP contribution in [0.25, 0.3) is 0 Å². The zero-order valence-corrected chi connectivity index (χ0v) is 10.7. The normalized spacial score (nSPS) is 8.73. The van der Waals surface area contributed by atoms with E-state index in [4.69, 9.17) is 0 Å². The fraction of sp³-hybridized carbons (Fsp3) is 0.500. The number of hydrogen-bond donors (Lipinski definition) is 0. The minimum Gasteiger partial charge on any atom is -0.148 e. The lowest BCUT2D eigenvalue weighted by Crippen LogP contribution is -1.75. The molecule has 0 saturated heterocycles. The summed E-state index contributed by atoms with van der Waals surface area (Å²) in [5.41, 5.74) is 1.40. The molecule has 0 radical (unpaired) electrons. The predicted octanol–water partition coefficient (Wildman–Crippen LogP) is 4.56. The van der Waals surface area contributed by atoms with E-state index >= 15 is 0 Å². The predicted molar refractivity (Wildman–Crippen MR) is 60.9 cm³/mol. The highest BCUT2D eigenvalue weighted by Crippen LogP contribution is 2.21. The molecule has 0 nitrogen and oxygen atoms in total. The average Bonchev–Trinajstić information content (AvgIpc) is 2.54. The van der Waals surface area contributed by atoms with Gasteiger partial charge in [-0.1, -0.05) is 45.7 Å². The topological polar surface area (TPSA) is 0 Å². The van der Waals surface area contributed by atoms with Crippen LogP contribution in [0.2, 0.25) is 0 Å². The Morgan fingerprint density at radius 3 is 2.27 bits per heavy atom. The number of rotatable bonds is 2. The monoisotopic (exact) mass is 298 g/mol. The molecule has 0 aromatic carbocycles. The quantitative estimate of drug-likeness (QED) is 0.702. The van der Waals surface area contributed by atoms with Crippen molar-refractivity contribution in [1.82, 2.24) is 0 Å². The van der Waals surface area contributed by atoms with Gasteiger partial charge in [0.1, 0.15) is 0 Å². The Balaban J connectivity index is 0.000000461. The Labute approximate surface area is 89.3 Å². The molecule has 0 bridgehead atoms. The van der Waals surface area contributed by atoms with Crippen molar-refractivity contribution in [2.24, 2.45) is 0 Å². The maximum atomic E-state index is 3.42. The van der Waals surface area contributed by atoms with Crippen molar-refractivity contribution in [3.63, 3.8) is 0 Å². The van der Waals surface area contributed by atoms with Crippen LogP contribution in [0.15, 0.2) is 11.4 Å². The van der Waals surface area contributed by atoms with E-state index in [1.807, 2.05) is 13.8 Å². The number of thiophene rings is 1. The second-order valence-electron chi connectivity index (χ2n) is 1.64. The van der Waals surface area contributed by atoms with E-state index in [1.165, 1.54) is 10.4 Å². The Kier molecular flexibility index (Phi) is 7.76. The van der Waals surface area contributed by atoms with Crippen molar-refractivity contribution in [1.29, 1.82) is 0 Å². The van der Waals surface area contributed by atoms with Gasteiger partial charge in [-0.3, -0.25) is 0 Å². The molecule has 0 aliphatic carbocycles. The first kappa shape index (κ1) is 11.7. The van der Waals surface area contributed by atoms with E-state index < -0.39 is 0 Å². The molecule has 0 fully saturated rings. The fourth-order valence-electron chi connectivity index (χ4n) is 0.603. The van der Waals surface area contributed by atoms with Gasteiger partial charge >= 0.3 is 0 Å². The molecule has 1 aromatic rings. The first-order chi connectivity index (χ1) is 5.38. The third-order valence-electron chi connectivity index (χ3n) is 1.10. The third-order valence-corrected chi connectivity index (χ3v) is 3.60. The van der Waals surface area contributed by atoms with E-state index in [2.05, 4.69) is 43.3 Å². The summed E-state index contributed by atoms with van der Waals surface area (Å²) in [6, 6.07) is 2.15. The molecule has 0 atom stereocenters. The highest BCUT2D eigenvalue weighted by atomic mass is 79.9. The van der Waals surface area contributed by atoms with Gasteiger partial charge in [0.25, 0.3) is 0 Å². The fourth-order valence-corrected chi connectivity index (χ4v) is 2.82. The minimum absolute atomic E-state index is 0.970. The Morgan fingerprint density at radius 2 is 1.91 bits per heavy atom. The van der Waals surface area contributed by atoms with Gasteiger partial charge < -0.3 is 0 Å². The van der Waals surface area contributed by atoms with Gasteiger partial charge in [0.15, 0.2) is 0 Å². The smallest absolute Gasteiger partial charge is 0.0380 e. The molecule has 1 rings (SSSR count). The number of hydrogen-bond acceptors (Lipinski definition) is 1. The lowest BCUT2D eigenvalue weighted by molar-refractivity contribution is 1.39. The molecule has 1 aromatic heterocycles. The molecule has 3 heteroatoms. The molecular formula is C8H12Br2S. The van der Waals surface area contributed by atoms with Crippen LogP contribution in [-0.2, 0) is 10.7 Å². The molecule has 0 amide bonds. The average molecular weight is 300 g/mol. The van der Waals surface area contributed by atoms with Crippen LogP contribution >= 0.6 is 43.2 Å². The van der Waals surface area contributed by atoms with Crippen molar-refractivity contribution in [2.75, 3.05) is 0 Å². The van der Waals surface area contributed by atoms with Gasteiger partial charge in [-0.15, -0.1) is 11.3 Å². The molecule has 64 valence electrons. The summed E-state index contributed by atoms with van der Waals surface area (Å²) in [6.45, 7) is 4.00. The lowest BCUT2D eigenvalue weighted by atomic mass is 10.3. The first-order valence-electron chi connectivity index (χ1n) is 3.55. The summed E-state index contributed by atoms with van der Waals surface area (Å²) in [5.74, 6) is 0. The summed E-state index contributed by atoms with van der Waals surface area (Å²) in [7, 11) is 0. The summed E-state index contributed by atoms with van der Waals surface area (Å²) >= 11 is 8.63. The minimum atomic E-state index is 0.970. The van der Waals surface area contributed by atoms with Crippen LogP contribution in [0.5, 0.6) is 0 Å². The van der Waals surface area contributed by atoms with Crippen molar-refractivity contribution in [2.45, 2.75) is 24.5 Å². The van der Waals surface area contributed by atoms with Gasteiger partial charge in [0, 0.05) is 15.5 Å². The van der Waals surface area contributed by atoms with Crippen molar-refractivity contribution in [3.05, 3.63) is 21.9 Å². The van der Waals surface area contributed by atoms with E-state index in [0.717, 1.165) is 10.7 Å².